The van der Waals surface area contributed by atoms with Crippen molar-refractivity contribution in [2.45, 2.75) is 44.3 Å². The Hall–Kier alpha value is -3.24. The largest absolute Gasteiger partial charge is 0.495 e. The molecule has 34 heavy (non-hydrogen) atoms. The Morgan fingerprint density at radius 3 is 2.65 bits per heavy atom. The zero-order valence-electron chi connectivity index (χ0n) is 19.6. The summed E-state index contributed by atoms with van der Waals surface area (Å²) >= 11 is 0. The van der Waals surface area contributed by atoms with Gasteiger partial charge in [-0.1, -0.05) is 6.07 Å². The number of carbonyl (C=O) groups is 1. The molecule has 2 N–H and O–H groups in total. The molecule has 0 radical (unpaired) electrons. The minimum Gasteiger partial charge on any atom is -0.495 e. The molecule has 1 amide bonds. The average Bonchev–Trinajstić information content (AvgIpc) is 3.24. The van der Waals surface area contributed by atoms with Crippen molar-refractivity contribution in [3.05, 3.63) is 53.8 Å². The Bertz CT molecular complexity index is 1320. The quantitative estimate of drug-likeness (QED) is 0.538. The number of sulfonamides is 1. The van der Waals surface area contributed by atoms with E-state index >= 15 is 0 Å². The molecular weight excluding hydrogens is 458 g/mol. The van der Waals surface area contributed by atoms with Gasteiger partial charge in [-0.05, 0) is 56.7 Å². The van der Waals surface area contributed by atoms with E-state index in [0.29, 0.717) is 30.9 Å². The first kappa shape index (κ1) is 23.9. The van der Waals surface area contributed by atoms with E-state index in [9.17, 15) is 18.3 Å². The third kappa shape index (κ3) is 4.69. The van der Waals surface area contributed by atoms with E-state index in [4.69, 9.17) is 9.15 Å². The first-order valence-corrected chi connectivity index (χ1v) is 12.5. The lowest BCUT2D eigenvalue weighted by Crippen LogP contribution is -2.57. The number of carboxylic acid groups (broad SMARTS) is 1. The van der Waals surface area contributed by atoms with Gasteiger partial charge in [0.2, 0.25) is 0 Å². The summed E-state index contributed by atoms with van der Waals surface area (Å²) in [5.74, 6) is 0.266. The highest BCUT2D eigenvalue weighted by molar-refractivity contribution is 7.92. The number of piperazine rings is 1. The predicted molar refractivity (Wildman–Crippen MR) is 129 cm³/mol. The van der Waals surface area contributed by atoms with Crippen LogP contribution in [-0.2, 0) is 16.6 Å². The fraction of sp³-hybridized carbons (Fsp3) is 0.375. The Kier molecular flexibility index (Phi) is 6.46. The SMILES string of the molecule is COc1ccc(C)cc1S(=O)(=O)Nc1cc(CN2CC(C)N(C(=O)O)CC2C)c2occc2c1. The Morgan fingerprint density at radius 2 is 1.94 bits per heavy atom. The first-order chi connectivity index (χ1) is 16.1. The third-order valence-electron chi connectivity index (χ3n) is 6.22. The van der Waals surface area contributed by atoms with Crippen LogP contribution < -0.4 is 9.46 Å². The molecule has 9 nitrogen and oxygen atoms in total. The van der Waals surface area contributed by atoms with Gasteiger partial charge in [-0.25, -0.2) is 13.2 Å². The van der Waals surface area contributed by atoms with Crippen molar-refractivity contribution in [2.24, 2.45) is 0 Å². The van der Waals surface area contributed by atoms with Crippen LogP contribution in [0.15, 0.2) is 52.0 Å². The van der Waals surface area contributed by atoms with E-state index in [2.05, 4.69) is 9.62 Å². The number of rotatable bonds is 6. The Morgan fingerprint density at radius 1 is 1.18 bits per heavy atom. The van der Waals surface area contributed by atoms with Gasteiger partial charge in [-0.3, -0.25) is 9.62 Å². The van der Waals surface area contributed by atoms with Gasteiger partial charge in [0.1, 0.15) is 16.2 Å². The number of benzene rings is 2. The van der Waals surface area contributed by atoms with E-state index in [0.717, 1.165) is 16.5 Å². The van der Waals surface area contributed by atoms with Gasteiger partial charge in [0, 0.05) is 42.7 Å². The monoisotopic (exact) mass is 487 g/mol. The predicted octanol–water partition coefficient (Wildman–Crippen LogP) is 4.12. The van der Waals surface area contributed by atoms with E-state index in [1.807, 2.05) is 20.8 Å². The topological polar surface area (TPSA) is 112 Å². The number of nitrogens with zero attached hydrogens (tertiary/aromatic N) is 2. The number of amides is 1. The highest BCUT2D eigenvalue weighted by Crippen LogP contribution is 2.31. The molecule has 1 aliphatic heterocycles. The van der Waals surface area contributed by atoms with Crippen LogP contribution in [-0.4, -0.2) is 61.7 Å². The molecule has 0 bridgehead atoms. The summed E-state index contributed by atoms with van der Waals surface area (Å²) in [7, 11) is -2.47. The van der Waals surface area contributed by atoms with E-state index in [1.54, 1.807) is 42.7 Å². The highest BCUT2D eigenvalue weighted by Gasteiger charge is 2.32. The Balaban J connectivity index is 1.65. The summed E-state index contributed by atoms with van der Waals surface area (Å²) in [5, 5.41) is 10.2. The van der Waals surface area contributed by atoms with Crippen LogP contribution in [0.4, 0.5) is 10.5 Å². The van der Waals surface area contributed by atoms with Crippen molar-refractivity contribution >= 4 is 32.8 Å². The molecule has 1 aromatic heterocycles. The molecule has 0 spiro atoms. The number of ether oxygens (including phenoxy) is 1. The molecule has 2 aromatic carbocycles. The van der Waals surface area contributed by atoms with Gasteiger partial charge >= 0.3 is 6.09 Å². The van der Waals surface area contributed by atoms with Gasteiger partial charge < -0.3 is 19.2 Å². The zero-order chi connectivity index (χ0) is 24.6. The number of furan rings is 1. The fourth-order valence-corrected chi connectivity index (χ4v) is 5.74. The number of aryl methyl sites for hydroxylation is 1. The van der Waals surface area contributed by atoms with Gasteiger partial charge in [0.05, 0.1) is 19.1 Å². The zero-order valence-corrected chi connectivity index (χ0v) is 20.4. The molecule has 0 saturated carbocycles. The molecule has 4 rings (SSSR count). The average molecular weight is 488 g/mol. The van der Waals surface area contributed by atoms with Crippen molar-refractivity contribution < 1.29 is 27.5 Å². The van der Waals surface area contributed by atoms with Crippen LogP contribution in [0, 0.1) is 6.92 Å². The first-order valence-electron chi connectivity index (χ1n) is 11.0. The normalized spacial score (nSPS) is 19.4. The lowest BCUT2D eigenvalue weighted by Gasteiger charge is -2.42. The molecule has 1 fully saturated rings. The van der Waals surface area contributed by atoms with Crippen molar-refractivity contribution in [3.8, 4) is 5.75 Å². The van der Waals surface area contributed by atoms with Crippen molar-refractivity contribution in [2.75, 3.05) is 24.9 Å². The van der Waals surface area contributed by atoms with Crippen molar-refractivity contribution in [1.82, 2.24) is 9.80 Å². The molecule has 2 atom stereocenters. The summed E-state index contributed by atoms with van der Waals surface area (Å²) in [4.78, 5) is 15.2. The fourth-order valence-electron chi connectivity index (χ4n) is 4.44. The van der Waals surface area contributed by atoms with Crippen LogP contribution in [0.1, 0.15) is 25.0 Å². The number of nitrogens with one attached hydrogen (secondary N) is 1. The van der Waals surface area contributed by atoms with Crippen molar-refractivity contribution in [1.29, 1.82) is 0 Å². The molecule has 0 aliphatic carbocycles. The lowest BCUT2D eigenvalue weighted by molar-refractivity contribution is 0.0398. The number of anilines is 1. The summed E-state index contributed by atoms with van der Waals surface area (Å²) in [6, 6.07) is 10.1. The molecule has 182 valence electrons. The minimum absolute atomic E-state index is 0.00536. The lowest BCUT2D eigenvalue weighted by atomic mass is 10.1. The molecule has 2 unspecified atom stereocenters. The summed E-state index contributed by atoms with van der Waals surface area (Å²) in [5.41, 5.74) is 2.71. The summed E-state index contributed by atoms with van der Waals surface area (Å²) < 4.78 is 40.1. The van der Waals surface area contributed by atoms with Crippen LogP contribution >= 0.6 is 0 Å². The number of methoxy groups -OCH3 is 1. The van der Waals surface area contributed by atoms with E-state index < -0.39 is 16.1 Å². The minimum atomic E-state index is -3.91. The second-order valence-electron chi connectivity index (χ2n) is 8.80. The van der Waals surface area contributed by atoms with E-state index in [-0.39, 0.29) is 22.7 Å². The molecule has 1 saturated heterocycles. The van der Waals surface area contributed by atoms with Crippen LogP contribution in [0.5, 0.6) is 5.75 Å². The molecule has 1 aliphatic rings. The molecule has 2 heterocycles. The Labute approximate surface area is 199 Å². The number of hydrogen-bond donors (Lipinski definition) is 2. The highest BCUT2D eigenvalue weighted by atomic mass is 32.2. The van der Waals surface area contributed by atoms with Crippen LogP contribution in [0.2, 0.25) is 0 Å². The third-order valence-corrected chi connectivity index (χ3v) is 7.63. The van der Waals surface area contributed by atoms with Crippen LogP contribution in [0.3, 0.4) is 0 Å². The van der Waals surface area contributed by atoms with Gasteiger partial charge in [-0.2, -0.15) is 0 Å². The maximum atomic E-state index is 13.2. The maximum Gasteiger partial charge on any atom is 0.407 e. The number of hydrogen-bond acceptors (Lipinski definition) is 6. The molecule has 10 heteroatoms. The van der Waals surface area contributed by atoms with E-state index in [1.165, 1.54) is 12.0 Å². The van der Waals surface area contributed by atoms with Crippen LogP contribution in [0.25, 0.3) is 11.0 Å². The smallest absolute Gasteiger partial charge is 0.407 e. The van der Waals surface area contributed by atoms with Gasteiger partial charge in [0.25, 0.3) is 10.0 Å². The second kappa shape index (κ2) is 9.19. The standard InChI is InChI=1S/C24H29N3O6S/c1-15-5-6-21(32-4)22(9-15)34(30,31)25-20-10-18-7-8-33-23(18)19(11-20)14-26-12-17(3)27(24(28)29)13-16(26)2/h5-11,16-17,25H,12-14H2,1-4H3,(H,28,29). The molecule has 3 aromatic rings. The maximum absolute atomic E-state index is 13.2. The summed E-state index contributed by atoms with van der Waals surface area (Å²) in [6.45, 7) is 7.14. The molecular formula is C24H29N3O6S. The van der Waals surface area contributed by atoms with Crippen molar-refractivity contribution in [3.63, 3.8) is 0 Å². The number of fused-ring (bicyclic) bond motifs is 1. The van der Waals surface area contributed by atoms with Gasteiger partial charge in [-0.15, -0.1) is 0 Å². The second-order valence-corrected chi connectivity index (χ2v) is 10.4. The van der Waals surface area contributed by atoms with Gasteiger partial charge in [0.15, 0.2) is 0 Å². The summed E-state index contributed by atoms with van der Waals surface area (Å²) in [6.07, 6.45) is 0.653.